The van der Waals surface area contributed by atoms with Gasteiger partial charge in [0.15, 0.2) is 11.6 Å². The van der Waals surface area contributed by atoms with Gasteiger partial charge in [0, 0.05) is 13.2 Å². The van der Waals surface area contributed by atoms with Gasteiger partial charge in [0.25, 0.3) is 0 Å². The van der Waals surface area contributed by atoms with E-state index >= 15 is 0 Å². The molecule has 0 amide bonds. The molecule has 2 aromatic heterocycles. The smallest absolute Gasteiger partial charge is 0.186 e. The molecule has 0 aliphatic rings. The van der Waals surface area contributed by atoms with Gasteiger partial charge in [0.2, 0.25) is 0 Å². The Hall–Kier alpha value is -2.24. The molecule has 0 saturated carbocycles. The standard InChI is InChI=1S/C12H10F2N4/c1-6-7(5-18(2)17-6)12-15-9-4-3-8(13)10(14)11(9)16-12/h3-5H,1-2H3,(H,15,16). The van der Waals surface area contributed by atoms with Gasteiger partial charge in [0.1, 0.15) is 11.3 Å². The molecular formula is C12H10F2N4. The Morgan fingerprint density at radius 3 is 2.72 bits per heavy atom. The van der Waals surface area contributed by atoms with Crippen molar-refractivity contribution in [1.29, 1.82) is 0 Å². The van der Waals surface area contributed by atoms with Crippen LogP contribution in [0.25, 0.3) is 22.4 Å². The summed E-state index contributed by atoms with van der Waals surface area (Å²) in [4.78, 5) is 7.06. The van der Waals surface area contributed by atoms with E-state index in [-0.39, 0.29) is 5.52 Å². The molecule has 0 atom stereocenters. The molecule has 0 saturated heterocycles. The first-order valence-corrected chi connectivity index (χ1v) is 5.40. The summed E-state index contributed by atoms with van der Waals surface area (Å²) in [6.45, 7) is 1.83. The van der Waals surface area contributed by atoms with Crippen LogP contribution in [0.5, 0.6) is 0 Å². The first kappa shape index (κ1) is 10.9. The molecule has 0 aliphatic carbocycles. The Morgan fingerprint density at radius 1 is 1.28 bits per heavy atom. The monoisotopic (exact) mass is 248 g/mol. The van der Waals surface area contributed by atoms with Gasteiger partial charge in [-0.1, -0.05) is 0 Å². The average molecular weight is 248 g/mol. The van der Waals surface area contributed by atoms with Gasteiger partial charge in [-0.25, -0.2) is 13.8 Å². The Labute approximate surface area is 101 Å². The highest BCUT2D eigenvalue weighted by molar-refractivity contribution is 5.80. The summed E-state index contributed by atoms with van der Waals surface area (Å²) in [5, 5.41) is 4.19. The second-order valence-electron chi connectivity index (χ2n) is 4.14. The zero-order chi connectivity index (χ0) is 12.9. The fraction of sp³-hybridized carbons (Fsp3) is 0.167. The normalized spacial score (nSPS) is 11.3. The summed E-state index contributed by atoms with van der Waals surface area (Å²) in [6.07, 6.45) is 1.78. The predicted octanol–water partition coefficient (Wildman–Crippen LogP) is 2.55. The quantitative estimate of drug-likeness (QED) is 0.719. The molecule has 92 valence electrons. The number of rotatable bonds is 1. The first-order valence-electron chi connectivity index (χ1n) is 5.40. The van der Waals surface area contributed by atoms with Crippen molar-refractivity contribution in [1.82, 2.24) is 19.7 Å². The lowest BCUT2D eigenvalue weighted by Gasteiger charge is -1.91. The lowest BCUT2D eigenvalue weighted by molar-refractivity contribution is 0.515. The third kappa shape index (κ3) is 1.49. The molecule has 0 unspecified atom stereocenters. The van der Waals surface area contributed by atoms with Crippen LogP contribution in [0.3, 0.4) is 0 Å². The van der Waals surface area contributed by atoms with E-state index in [2.05, 4.69) is 15.1 Å². The van der Waals surface area contributed by atoms with Crippen LogP contribution in [0.4, 0.5) is 8.78 Å². The Morgan fingerprint density at radius 2 is 2.06 bits per heavy atom. The van der Waals surface area contributed by atoms with Gasteiger partial charge < -0.3 is 4.98 Å². The van der Waals surface area contributed by atoms with Crippen molar-refractivity contribution in [3.63, 3.8) is 0 Å². The Kier molecular flexibility index (Phi) is 2.19. The highest BCUT2D eigenvalue weighted by Crippen LogP contribution is 2.25. The second kappa shape index (κ2) is 3.63. The third-order valence-electron chi connectivity index (χ3n) is 2.81. The van der Waals surface area contributed by atoms with Crippen LogP contribution in [0.1, 0.15) is 5.69 Å². The van der Waals surface area contributed by atoms with Crippen molar-refractivity contribution < 1.29 is 8.78 Å². The summed E-state index contributed by atoms with van der Waals surface area (Å²) in [6, 6.07) is 2.55. The van der Waals surface area contributed by atoms with Crippen LogP contribution >= 0.6 is 0 Å². The summed E-state index contributed by atoms with van der Waals surface area (Å²) in [5.41, 5.74) is 2.02. The van der Waals surface area contributed by atoms with Crippen LogP contribution in [-0.4, -0.2) is 19.7 Å². The zero-order valence-corrected chi connectivity index (χ0v) is 9.83. The van der Waals surface area contributed by atoms with Crippen molar-refractivity contribution in [2.45, 2.75) is 6.92 Å². The minimum absolute atomic E-state index is 0.00764. The van der Waals surface area contributed by atoms with Crippen LogP contribution in [0, 0.1) is 18.6 Å². The molecule has 0 aliphatic heterocycles. The number of hydrogen-bond donors (Lipinski definition) is 1. The highest BCUT2D eigenvalue weighted by Gasteiger charge is 2.15. The van der Waals surface area contributed by atoms with Crippen molar-refractivity contribution in [3.05, 3.63) is 35.7 Å². The summed E-state index contributed by atoms with van der Waals surface area (Å²) >= 11 is 0. The molecule has 0 radical (unpaired) electrons. The van der Waals surface area contributed by atoms with Gasteiger partial charge in [-0.15, -0.1) is 0 Å². The molecule has 1 aromatic carbocycles. The van der Waals surface area contributed by atoms with Crippen LogP contribution in [0.2, 0.25) is 0 Å². The zero-order valence-electron chi connectivity index (χ0n) is 9.83. The summed E-state index contributed by atoms with van der Waals surface area (Å²) in [7, 11) is 1.79. The number of halogens is 2. The fourth-order valence-electron chi connectivity index (χ4n) is 1.98. The molecule has 0 bridgehead atoms. The molecule has 3 rings (SSSR count). The Bertz CT molecular complexity index is 742. The van der Waals surface area contributed by atoms with Gasteiger partial charge in [0.05, 0.1) is 16.8 Å². The van der Waals surface area contributed by atoms with E-state index in [4.69, 9.17) is 0 Å². The fourth-order valence-corrected chi connectivity index (χ4v) is 1.98. The maximum atomic E-state index is 13.6. The minimum atomic E-state index is -0.934. The average Bonchev–Trinajstić information content (AvgIpc) is 2.87. The second-order valence-corrected chi connectivity index (χ2v) is 4.14. The van der Waals surface area contributed by atoms with Crippen molar-refractivity contribution in [2.75, 3.05) is 0 Å². The SMILES string of the molecule is Cc1nn(C)cc1-c1nc2c(F)c(F)ccc2[nH]1. The van der Waals surface area contributed by atoms with Crippen LogP contribution in [-0.2, 0) is 7.05 Å². The highest BCUT2D eigenvalue weighted by atomic mass is 19.2. The number of fused-ring (bicyclic) bond motifs is 1. The predicted molar refractivity (Wildman–Crippen MR) is 62.9 cm³/mol. The van der Waals surface area contributed by atoms with Crippen molar-refractivity contribution >= 4 is 11.0 Å². The number of nitrogens with one attached hydrogen (secondary N) is 1. The van der Waals surface area contributed by atoms with Crippen molar-refractivity contribution in [2.24, 2.45) is 7.05 Å². The number of benzene rings is 1. The number of imidazole rings is 1. The van der Waals surface area contributed by atoms with Gasteiger partial charge >= 0.3 is 0 Å². The van der Waals surface area contributed by atoms with E-state index in [1.807, 2.05) is 6.92 Å². The first-order chi connectivity index (χ1) is 8.56. The van der Waals surface area contributed by atoms with Crippen LogP contribution in [0.15, 0.2) is 18.3 Å². The third-order valence-corrected chi connectivity index (χ3v) is 2.81. The van der Waals surface area contributed by atoms with Crippen LogP contribution < -0.4 is 0 Å². The number of aryl methyl sites for hydroxylation is 2. The maximum Gasteiger partial charge on any atom is 0.186 e. The number of H-pyrrole nitrogens is 1. The summed E-state index contributed by atoms with van der Waals surface area (Å²) < 4.78 is 28.3. The largest absolute Gasteiger partial charge is 0.338 e. The van der Waals surface area contributed by atoms with E-state index in [1.54, 1.807) is 17.9 Å². The van der Waals surface area contributed by atoms with E-state index in [9.17, 15) is 8.78 Å². The van der Waals surface area contributed by atoms with Gasteiger partial charge in [-0.2, -0.15) is 5.10 Å². The molecule has 1 N–H and O–H groups in total. The van der Waals surface area contributed by atoms with E-state index in [0.29, 0.717) is 11.3 Å². The molecule has 4 nitrogen and oxygen atoms in total. The molecule has 3 aromatic rings. The lowest BCUT2D eigenvalue weighted by atomic mass is 10.2. The lowest BCUT2D eigenvalue weighted by Crippen LogP contribution is -1.86. The molecule has 6 heteroatoms. The number of nitrogens with zero attached hydrogens (tertiary/aromatic N) is 3. The van der Waals surface area contributed by atoms with E-state index in [0.717, 1.165) is 17.3 Å². The van der Waals surface area contributed by atoms with E-state index < -0.39 is 11.6 Å². The van der Waals surface area contributed by atoms with E-state index in [1.165, 1.54) is 6.07 Å². The Balaban J connectivity index is 2.26. The van der Waals surface area contributed by atoms with Gasteiger partial charge in [-0.3, -0.25) is 4.68 Å². The molecule has 18 heavy (non-hydrogen) atoms. The number of hydrogen-bond acceptors (Lipinski definition) is 2. The maximum absolute atomic E-state index is 13.6. The molecule has 2 heterocycles. The molecule has 0 spiro atoms. The molecular weight excluding hydrogens is 238 g/mol. The molecule has 0 fully saturated rings. The number of aromatic amines is 1. The topological polar surface area (TPSA) is 46.5 Å². The van der Waals surface area contributed by atoms with Gasteiger partial charge in [-0.05, 0) is 19.1 Å². The van der Waals surface area contributed by atoms with Crippen molar-refractivity contribution in [3.8, 4) is 11.4 Å². The minimum Gasteiger partial charge on any atom is -0.338 e. The summed E-state index contributed by atoms with van der Waals surface area (Å²) in [5.74, 6) is -1.35. The number of aromatic nitrogens is 4.